The van der Waals surface area contributed by atoms with Crippen LogP contribution in [0.3, 0.4) is 0 Å². The summed E-state index contributed by atoms with van der Waals surface area (Å²) in [7, 11) is 0. The molecular weight excluding hydrogens is 183 g/mol. The zero-order valence-electron chi connectivity index (χ0n) is 6.26. The fourth-order valence-electron chi connectivity index (χ4n) is 0.989. The first-order chi connectivity index (χ1) is 6.07. The van der Waals surface area contributed by atoms with Crippen LogP contribution in [-0.2, 0) is 6.18 Å². The van der Waals surface area contributed by atoms with Crippen molar-refractivity contribution in [2.45, 2.75) is 6.18 Å². The maximum absolute atomic E-state index is 12.1. The molecule has 2 heterocycles. The quantitative estimate of drug-likeness (QED) is 0.685. The number of pyridine rings is 1. The Bertz CT molecular complexity index is 432. The van der Waals surface area contributed by atoms with Crippen LogP contribution in [0.4, 0.5) is 13.2 Å². The van der Waals surface area contributed by atoms with Gasteiger partial charge in [0.05, 0.1) is 11.7 Å². The van der Waals surface area contributed by atoms with E-state index in [1.54, 1.807) is 0 Å². The van der Waals surface area contributed by atoms with Crippen LogP contribution in [0.25, 0.3) is 11.0 Å². The Morgan fingerprint density at radius 2 is 2.00 bits per heavy atom. The van der Waals surface area contributed by atoms with E-state index in [4.69, 9.17) is 0 Å². The van der Waals surface area contributed by atoms with E-state index in [0.29, 0.717) is 5.52 Å². The molecule has 0 saturated heterocycles. The van der Waals surface area contributed by atoms with Gasteiger partial charge < -0.3 is 0 Å². The molecule has 0 saturated carbocycles. The van der Waals surface area contributed by atoms with Crippen molar-refractivity contribution < 1.29 is 13.2 Å². The molecule has 0 fully saturated rings. The second-order valence-electron chi connectivity index (χ2n) is 2.50. The number of nitrogens with one attached hydrogen (secondary N) is 1. The Hall–Kier alpha value is -1.59. The second-order valence-corrected chi connectivity index (χ2v) is 2.50. The Morgan fingerprint density at radius 3 is 2.69 bits per heavy atom. The van der Waals surface area contributed by atoms with Crippen molar-refractivity contribution in [1.82, 2.24) is 15.2 Å². The fraction of sp³-hybridized carbons (Fsp3) is 0.143. The van der Waals surface area contributed by atoms with E-state index in [9.17, 15) is 13.2 Å². The van der Waals surface area contributed by atoms with Gasteiger partial charge in [-0.1, -0.05) is 0 Å². The highest BCUT2D eigenvalue weighted by Gasteiger charge is 2.32. The number of aromatic amines is 1. The van der Waals surface area contributed by atoms with Gasteiger partial charge in [0.25, 0.3) is 0 Å². The van der Waals surface area contributed by atoms with Gasteiger partial charge >= 0.3 is 6.18 Å². The molecule has 1 N–H and O–H groups in total. The topological polar surface area (TPSA) is 41.6 Å². The molecule has 0 atom stereocenters. The molecule has 2 aromatic heterocycles. The molecule has 13 heavy (non-hydrogen) atoms. The normalized spacial score (nSPS) is 12.2. The molecule has 0 radical (unpaired) electrons. The second kappa shape index (κ2) is 2.45. The molecule has 68 valence electrons. The lowest BCUT2D eigenvalue weighted by Crippen LogP contribution is -2.07. The van der Waals surface area contributed by atoms with E-state index in [1.165, 1.54) is 12.3 Å². The molecule has 0 amide bonds. The molecule has 0 aromatic carbocycles. The number of nitrogens with zero attached hydrogens (tertiary/aromatic N) is 2. The third-order valence-corrected chi connectivity index (χ3v) is 1.59. The highest BCUT2D eigenvalue weighted by molar-refractivity contribution is 5.73. The van der Waals surface area contributed by atoms with Gasteiger partial charge in [0.2, 0.25) is 0 Å². The summed E-state index contributed by atoms with van der Waals surface area (Å²) < 4.78 is 36.4. The van der Waals surface area contributed by atoms with E-state index in [2.05, 4.69) is 15.2 Å². The van der Waals surface area contributed by atoms with Crippen molar-refractivity contribution in [3.05, 3.63) is 24.0 Å². The Morgan fingerprint density at radius 1 is 1.23 bits per heavy atom. The van der Waals surface area contributed by atoms with E-state index in [0.717, 1.165) is 6.07 Å². The number of fused-ring (bicyclic) bond motifs is 1. The van der Waals surface area contributed by atoms with Crippen molar-refractivity contribution >= 4 is 11.0 Å². The molecular formula is C7H4F3N3. The molecule has 0 bridgehead atoms. The largest absolute Gasteiger partial charge is 0.433 e. The molecule has 0 spiro atoms. The Labute approximate surface area is 70.6 Å². The average Bonchev–Trinajstić information content (AvgIpc) is 2.47. The standard InChI is InChI=1S/C7H4F3N3/c8-7(9,10)6-2-1-4-5(12-6)3-11-13-4/h1-3H,(H,11,13). The minimum absolute atomic E-state index is 0.217. The lowest BCUT2D eigenvalue weighted by Gasteiger charge is -2.03. The number of H-pyrrole nitrogens is 1. The van der Waals surface area contributed by atoms with Crippen molar-refractivity contribution in [3.8, 4) is 0 Å². The third kappa shape index (κ3) is 1.34. The molecule has 0 unspecified atom stereocenters. The zero-order chi connectivity index (χ0) is 9.47. The number of hydrogen-bond acceptors (Lipinski definition) is 2. The van der Waals surface area contributed by atoms with Crippen LogP contribution in [0.5, 0.6) is 0 Å². The molecule has 0 aliphatic carbocycles. The summed E-state index contributed by atoms with van der Waals surface area (Å²) in [4.78, 5) is 3.39. The van der Waals surface area contributed by atoms with Crippen molar-refractivity contribution in [1.29, 1.82) is 0 Å². The van der Waals surface area contributed by atoms with Crippen molar-refractivity contribution in [2.24, 2.45) is 0 Å². The van der Waals surface area contributed by atoms with Gasteiger partial charge in [0.15, 0.2) is 0 Å². The molecule has 2 rings (SSSR count). The SMILES string of the molecule is FC(F)(F)c1ccc2[nH]ncc2n1. The van der Waals surface area contributed by atoms with Gasteiger partial charge in [0.1, 0.15) is 11.2 Å². The summed E-state index contributed by atoms with van der Waals surface area (Å²) in [6, 6.07) is 2.22. The number of alkyl halides is 3. The average molecular weight is 187 g/mol. The highest BCUT2D eigenvalue weighted by atomic mass is 19.4. The Balaban J connectivity index is 2.61. The number of aromatic nitrogens is 3. The van der Waals surface area contributed by atoms with E-state index in [-0.39, 0.29) is 5.52 Å². The van der Waals surface area contributed by atoms with E-state index in [1.807, 2.05) is 0 Å². The van der Waals surface area contributed by atoms with Crippen LogP contribution in [0, 0.1) is 0 Å². The van der Waals surface area contributed by atoms with Crippen molar-refractivity contribution in [2.75, 3.05) is 0 Å². The lowest BCUT2D eigenvalue weighted by molar-refractivity contribution is -0.140. The first-order valence-corrected chi connectivity index (χ1v) is 3.45. The molecule has 0 aliphatic rings. The summed E-state index contributed by atoms with van der Waals surface area (Å²) in [5, 5.41) is 6.09. The maximum Gasteiger partial charge on any atom is 0.433 e. The smallest absolute Gasteiger partial charge is 0.276 e. The van der Waals surface area contributed by atoms with Gasteiger partial charge in [-0.05, 0) is 12.1 Å². The molecule has 3 nitrogen and oxygen atoms in total. The Kier molecular flexibility index (Phi) is 1.51. The van der Waals surface area contributed by atoms with Crippen LogP contribution >= 0.6 is 0 Å². The summed E-state index contributed by atoms with van der Waals surface area (Å²) in [6.07, 6.45) is -3.14. The van der Waals surface area contributed by atoms with Crippen LogP contribution in [0.1, 0.15) is 5.69 Å². The van der Waals surface area contributed by atoms with Gasteiger partial charge in [-0.3, -0.25) is 5.10 Å². The third-order valence-electron chi connectivity index (χ3n) is 1.59. The first kappa shape index (κ1) is 8.03. The molecule has 0 aliphatic heterocycles. The predicted octanol–water partition coefficient (Wildman–Crippen LogP) is 1.98. The van der Waals surface area contributed by atoms with E-state index >= 15 is 0 Å². The van der Waals surface area contributed by atoms with Crippen LogP contribution in [0.2, 0.25) is 0 Å². The summed E-state index contributed by atoms with van der Waals surface area (Å²) in [6.45, 7) is 0. The minimum atomic E-state index is -4.40. The minimum Gasteiger partial charge on any atom is -0.276 e. The van der Waals surface area contributed by atoms with Gasteiger partial charge in [-0.15, -0.1) is 0 Å². The summed E-state index contributed by atoms with van der Waals surface area (Å²) in [5.74, 6) is 0. The van der Waals surface area contributed by atoms with Gasteiger partial charge in [0, 0.05) is 0 Å². The predicted molar refractivity (Wildman–Crippen MR) is 38.9 cm³/mol. The lowest BCUT2D eigenvalue weighted by atomic mass is 10.3. The number of rotatable bonds is 0. The van der Waals surface area contributed by atoms with Crippen LogP contribution in [-0.4, -0.2) is 15.2 Å². The van der Waals surface area contributed by atoms with Crippen LogP contribution in [0.15, 0.2) is 18.3 Å². The van der Waals surface area contributed by atoms with Gasteiger partial charge in [-0.2, -0.15) is 18.3 Å². The molecule has 2 aromatic rings. The number of hydrogen-bond donors (Lipinski definition) is 1. The first-order valence-electron chi connectivity index (χ1n) is 3.45. The summed E-state index contributed by atoms with van der Waals surface area (Å²) in [5.41, 5.74) is -0.191. The fourth-order valence-corrected chi connectivity index (χ4v) is 0.989. The van der Waals surface area contributed by atoms with E-state index < -0.39 is 11.9 Å². The van der Waals surface area contributed by atoms with Gasteiger partial charge in [-0.25, -0.2) is 4.98 Å². The number of halogens is 3. The zero-order valence-corrected chi connectivity index (χ0v) is 6.26. The highest BCUT2D eigenvalue weighted by Crippen LogP contribution is 2.28. The van der Waals surface area contributed by atoms with Crippen molar-refractivity contribution in [3.63, 3.8) is 0 Å². The monoisotopic (exact) mass is 187 g/mol. The summed E-state index contributed by atoms with van der Waals surface area (Å²) >= 11 is 0. The van der Waals surface area contributed by atoms with Crippen LogP contribution < -0.4 is 0 Å². The molecule has 6 heteroatoms. The maximum atomic E-state index is 12.1.